The second-order valence-corrected chi connectivity index (χ2v) is 3.25. The Kier molecular flexibility index (Phi) is 2.52. The molecule has 0 bridgehead atoms. The van der Waals surface area contributed by atoms with Gasteiger partial charge in [-0.15, -0.1) is 0 Å². The molecule has 0 spiro atoms. The lowest BCUT2D eigenvalue weighted by molar-refractivity contribution is 1.29. The highest BCUT2D eigenvalue weighted by Gasteiger charge is 2.07. The van der Waals surface area contributed by atoms with Crippen molar-refractivity contribution in [3.63, 3.8) is 0 Å². The maximum absolute atomic E-state index is 8.52. The van der Waals surface area contributed by atoms with E-state index < -0.39 is 0 Å². The van der Waals surface area contributed by atoms with Crippen molar-refractivity contribution in [1.29, 1.82) is 5.26 Å². The van der Waals surface area contributed by atoms with Crippen LogP contribution < -0.4 is 5.73 Å². The second kappa shape index (κ2) is 3.24. The fraction of sp³-hybridized carbons (Fsp3) is 0. The minimum absolute atomic E-state index is 0.352. The molecule has 2 N–H and O–H groups in total. The molecule has 0 aliphatic heterocycles. The van der Waals surface area contributed by atoms with Crippen LogP contribution in [0, 0.1) is 14.9 Å². The number of nitriles is 1. The Morgan fingerprint density at radius 2 is 2.36 bits per heavy atom. The van der Waals surface area contributed by atoms with Gasteiger partial charge in [-0.2, -0.15) is 5.26 Å². The predicted octanol–water partition coefficient (Wildman–Crippen LogP) is 1.79. The Bertz CT molecular complexity index is 331. The SMILES string of the molecule is N#Cc1cnc(N)c(I)c1Cl. The number of nitrogen functional groups attached to an aromatic ring is 1. The van der Waals surface area contributed by atoms with Gasteiger partial charge < -0.3 is 5.73 Å². The highest BCUT2D eigenvalue weighted by molar-refractivity contribution is 14.1. The van der Waals surface area contributed by atoms with Gasteiger partial charge >= 0.3 is 0 Å². The van der Waals surface area contributed by atoms with Crippen molar-refractivity contribution in [3.8, 4) is 6.07 Å². The van der Waals surface area contributed by atoms with Gasteiger partial charge in [0.25, 0.3) is 0 Å². The lowest BCUT2D eigenvalue weighted by Crippen LogP contribution is -1.95. The van der Waals surface area contributed by atoms with Crippen LogP contribution >= 0.6 is 34.2 Å². The Morgan fingerprint density at radius 3 is 2.91 bits per heavy atom. The van der Waals surface area contributed by atoms with E-state index in [-0.39, 0.29) is 0 Å². The molecule has 56 valence electrons. The van der Waals surface area contributed by atoms with Gasteiger partial charge in [0.05, 0.1) is 14.2 Å². The molecule has 0 aromatic carbocycles. The lowest BCUT2D eigenvalue weighted by Gasteiger charge is -1.99. The minimum Gasteiger partial charge on any atom is -0.383 e. The van der Waals surface area contributed by atoms with E-state index in [0.717, 1.165) is 0 Å². The van der Waals surface area contributed by atoms with E-state index in [4.69, 9.17) is 22.6 Å². The van der Waals surface area contributed by atoms with Crippen molar-refractivity contribution in [2.45, 2.75) is 0 Å². The first-order valence-electron chi connectivity index (χ1n) is 2.66. The van der Waals surface area contributed by atoms with Crippen molar-refractivity contribution in [1.82, 2.24) is 4.98 Å². The van der Waals surface area contributed by atoms with Gasteiger partial charge in [-0.25, -0.2) is 4.98 Å². The van der Waals surface area contributed by atoms with E-state index in [1.54, 1.807) is 0 Å². The van der Waals surface area contributed by atoms with Gasteiger partial charge in [-0.05, 0) is 22.6 Å². The molecule has 0 unspecified atom stereocenters. The number of hydrogen-bond acceptors (Lipinski definition) is 3. The molecule has 0 saturated carbocycles. The number of nitrogens with zero attached hydrogens (tertiary/aromatic N) is 2. The largest absolute Gasteiger partial charge is 0.383 e. The van der Waals surface area contributed by atoms with Crippen LogP contribution in [-0.2, 0) is 0 Å². The van der Waals surface area contributed by atoms with Crippen LogP contribution in [0.3, 0.4) is 0 Å². The van der Waals surface area contributed by atoms with E-state index in [2.05, 4.69) is 4.98 Å². The van der Waals surface area contributed by atoms with E-state index in [1.165, 1.54) is 6.20 Å². The number of nitrogens with two attached hydrogens (primary N) is 1. The highest BCUT2D eigenvalue weighted by Crippen LogP contribution is 2.25. The summed E-state index contributed by atoms with van der Waals surface area (Å²) in [4.78, 5) is 3.77. The third-order valence-electron chi connectivity index (χ3n) is 1.11. The van der Waals surface area contributed by atoms with Crippen LogP contribution in [0.15, 0.2) is 6.20 Å². The summed E-state index contributed by atoms with van der Waals surface area (Å²) in [6, 6.07) is 1.91. The number of aromatic nitrogens is 1. The summed E-state index contributed by atoms with van der Waals surface area (Å²) in [5, 5.41) is 8.89. The zero-order valence-corrected chi connectivity index (χ0v) is 8.22. The quantitative estimate of drug-likeness (QED) is 0.737. The molecule has 0 aliphatic carbocycles. The van der Waals surface area contributed by atoms with Gasteiger partial charge in [0.2, 0.25) is 0 Å². The summed E-state index contributed by atoms with van der Waals surface area (Å²) in [5.41, 5.74) is 5.78. The summed E-state index contributed by atoms with van der Waals surface area (Å²) < 4.78 is 0.628. The zero-order valence-electron chi connectivity index (χ0n) is 5.31. The van der Waals surface area contributed by atoms with E-state index in [0.29, 0.717) is 20.0 Å². The molecule has 0 radical (unpaired) electrons. The van der Waals surface area contributed by atoms with E-state index in [1.807, 2.05) is 28.7 Å². The summed E-state index contributed by atoms with van der Waals surface area (Å²) in [5.74, 6) is 0.356. The highest BCUT2D eigenvalue weighted by atomic mass is 127. The first kappa shape index (κ1) is 8.56. The molecule has 5 heteroatoms. The molecule has 1 heterocycles. The van der Waals surface area contributed by atoms with Gasteiger partial charge in [-0.3, -0.25) is 0 Å². The number of anilines is 1. The monoisotopic (exact) mass is 279 g/mol. The standard InChI is InChI=1S/C6H3ClIN3/c7-4-3(1-9)2-11-6(10)5(4)8/h2H,(H2,10,11). The van der Waals surface area contributed by atoms with Crippen molar-refractivity contribution in [3.05, 3.63) is 20.4 Å². The molecule has 1 rings (SSSR count). The van der Waals surface area contributed by atoms with Crippen LogP contribution in [0.25, 0.3) is 0 Å². The fourth-order valence-corrected chi connectivity index (χ4v) is 1.17. The summed E-state index contributed by atoms with van der Waals surface area (Å²) >= 11 is 7.70. The smallest absolute Gasteiger partial charge is 0.138 e. The normalized spacial score (nSPS) is 9.18. The van der Waals surface area contributed by atoms with Crippen LogP contribution in [0.2, 0.25) is 5.02 Å². The first-order valence-corrected chi connectivity index (χ1v) is 4.12. The van der Waals surface area contributed by atoms with Gasteiger partial charge in [-0.1, -0.05) is 11.6 Å². The number of pyridine rings is 1. The van der Waals surface area contributed by atoms with Crippen LogP contribution in [0.1, 0.15) is 5.56 Å². The summed E-state index contributed by atoms with van der Waals surface area (Å²) in [7, 11) is 0. The summed E-state index contributed by atoms with van der Waals surface area (Å²) in [6.45, 7) is 0. The number of hydrogen-bond donors (Lipinski definition) is 1. The topological polar surface area (TPSA) is 62.7 Å². The third-order valence-corrected chi connectivity index (χ3v) is 2.91. The Labute approximate surface area is 82.3 Å². The van der Waals surface area contributed by atoms with Gasteiger partial charge in [0.1, 0.15) is 11.9 Å². The average molecular weight is 279 g/mol. The minimum atomic E-state index is 0.352. The van der Waals surface area contributed by atoms with Crippen molar-refractivity contribution < 1.29 is 0 Å². The second-order valence-electron chi connectivity index (χ2n) is 1.80. The van der Waals surface area contributed by atoms with Crippen LogP contribution in [-0.4, -0.2) is 4.98 Å². The molecule has 0 amide bonds. The number of rotatable bonds is 0. The van der Waals surface area contributed by atoms with Crippen molar-refractivity contribution in [2.75, 3.05) is 5.73 Å². The fourth-order valence-electron chi connectivity index (χ4n) is 0.556. The maximum atomic E-state index is 8.52. The molecule has 3 nitrogen and oxygen atoms in total. The van der Waals surface area contributed by atoms with Crippen molar-refractivity contribution in [2.24, 2.45) is 0 Å². The van der Waals surface area contributed by atoms with E-state index in [9.17, 15) is 0 Å². The van der Waals surface area contributed by atoms with Crippen LogP contribution in [0.5, 0.6) is 0 Å². The Balaban J connectivity index is 3.40. The molecule has 11 heavy (non-hydrogen) atoms. The average Bonchev–Trinajstić information content (AvgIpc) is 2.01. The maximum Gasteiger partial charge on any atom is 0.138 e. The predicted molar refractivity (Wildman–Crippen MR) is 51.1 cm³/mol. The molecule has 0 fully saturated rings. The lowest BCUT2D eigenvalue weighted by atomic mass is 10.3. The van der Waals surface area contributed by atoms with E-state index >= 15 is 0 Å². The Hall–Kier alpha value is -0.540. The third kappa shape index (κ3) is 1.54. The van der Waals surface area contributed by atoms with Crippen LogP contribution in [0.4, 0.5) is 5.82 Å². The molecule has 0 atom stereocenters. The molecule has 0 saturated heterocycles. The molecular formula is C6H3ClIN3. The Morgan fingerprint density at radius 1 is 1.73 bits per heavy atom. The molecule has 1 aromatic heterocycles. The molecular weight excluding hydrogens is 276 g/mol. The summed E-state index contributed by atoms with van der Waals surface area (Å²) in [6.07, 6.45) is 1.36. The van der Waals surface area contributed by atoms with Gasteiger partial charge in [0, 0.05) is 6.20 Å². The molecule has 1 aromatic rings. The van der Waals surface area contributed by atoms with Gasteiger partial charge in [0.15, 0.2) is 0 Å². The zero-order chi connectivity index (χ0) is 8.43. The molecule has 0 aliphatic rings. The number of halogens is 2. The first-order chi connectivity index (χ1) is 5.16. The van der Waals surface area contributed by atoms with Crippen molar-refractivity contribution >= 4 is 40.0 Å².